The van der Waals surface area contributed by atoms with Gasteiger partial charge in [-0.2, -0.15) is 13.2 Å². The van der Waals surface area contributed by atoms with Crippen molar-refractivity contribution >= 4 is 11.6 Å². The molecule has 1 aliphatic carbocycles. The molecule has 2 aromatic carbocycles. The lowest BCUT2D eigenvalue weighted by Crippen LogP contribution is -2.47. The number of ether oxygens (including phenoxy) is 1. The van der Waals surface area contributed by atoms with Crippen molar-refractivity contribution in [3.8, 4) is 5.75 Å². The Kier molecular flexibility index (Phi) is 8.72. The maximum atomic E-state index is 13.0. The van der Waals surface area contributed by atoms with Gasteiger partial charge in [0.05, 0.1) is 5.56 Å². The van der Waals surface area contributed by atoms with E-state index in [-0.39, 0.29) is 24.4 Å². The number of rotatable bonds is 8. The van der Waals surface area contributed by atoms with E-state index in [4.69, 9.17) is 4.74 Å². The van der Waals surface area contributed by atoms with Crippen LogP contribution in [0.25, 0.3) is 0 Å². The summed E-state index contributed by atoms with van der Waals surface area (Å²) in [6.45, 7) is 4.03. The molecule has 5 nitrogen and oxygen atoms in total. The quantitative estimate of drug-likeness (QED) is 0.505. The standard InChI is InChI=1S/C27H33F4N3O2/c28-22-6-10-25(11-7-22)36-19-26(35)32-23-8-4-20(5-9-23)12-13-33-14-16-34(17-15-33)24-3-1-2-21(18-24)27(29,30)31/h1-3,6-7,10-11,18,20,23H,4-5,8-9,12-17,19H2,(H,32,35). The molecule has 2 aromatic rings. The van der Waals surface area contributed by atoms with Crippen molar-refractivity contribution in [3.05, 3.63) is 59.9 Å². The van der Waals surface area contributed by atoms with Gasteiger partial charge in [-0.15, -0.1) is 0 Å². The van der Waals surface area contributed by atoms with Crippen molar-refractivity contribution in [1.29, 1.82) is 0 Å². The highest BCUT2D eigenvalue weighted by Gasteiger charge is 2.31. The van der Waals surface area contributed by atoms with Crippen LogP contribution in [0.15, 0.2) is 48.5 Å². The molecule has 1 saturated carbocycles. The van der Waals surface area contributed by atoms with Gasteiger partial charge in [0.2, 0.25) is 0 Å². The highest BCUT2D eigenvalue weighted by atomic mass is 19.4. The van der Waals surface area contributed by atoms with Crippen LogP contribution in [-0.4, -0.2) is 56.2 Å². The average molecular weight is 508 g/mol. The highest BCUT2D eigenvalue weighted by Crippen LogP contribution is 2.32. The fourth-order valence-electron chi connectivity index (χ4n) is 5.02. The van der Waals surface area contributed by atoms with E-state index in [9.17, 15) is 22.4 Å². The zero-order valence-electron chi connectivity index (χ0n) is 20.3. The van der Waals surface area contributed by atoms with Crippen LogP contribution in [-0.2, 0) is 11.0 Å². The van der Waals surface area contributed by atoms with Crippen molar-refractivity contribution in [2.24, 2.45) is 5.92 Å². The maximum Gasteiger partial charge on any atom is 0.416 e. The van der Waals surface area contributed by atoms with E-state index in [0.717, 1.165) is 70.9 Å². The number of piperazine rings is 1. The molecule has 9 heteroatoms. The van der Waals surface area contributed by atoms with E-state index in [2.05, 4.69) is 10.2 Å². The molecule has 4 rings (SSSR count). The third-order valence-electron chi connectivity index (χ3n) is 7.16. The predicted octanol–water partition coefficient (Wildman–Crippen LogP) is 5.11. The van der Waals surface area contributed by atoms with E-state index in [1.807, 2.05) is 4.90 Å². The van der Waals surface area contributed by atoms with Crippen LogP contribution < -0.4 is 15.0 Å². The summed E-state index contributed by atoms with van der Waals surface area (Å²) >= 11 is 0. The van der Waals surface area contributed by atoms with Crippen molar-refractivity contribution < 1.29 is 27.1 Å². The molecule has 1 aliphatic heterocycles. The minimum atomic E-state index is -4.32. The number of nitrogens with zero attached hydrogens (tertiary/aromatic N) is 2. The van der Waals surface area contributed by atoms with Gasteiger partial charge in [0.25, 0.3) is 5.91 Å². The van der Waals surface area contributed by atoms with Gasteiger partial charge in [0.1, 0.15) is 11.6 Å². The SMILES string of the molecule is O=C(COc1ccc(F)cc1)NC1CCC(CCN2CCN(c3cccc(C(F)(F)F)c3)CC2)CC1. The van der Waals surface area contributed by atoms with E-state index >= 15 is 0 Å². The summed E-state index contributed by atoms with van der Waals surface area (Å²) < 4.78 is 57.4. The second kappa shape index (κ2) is 12.0. The Morgan fingerprint density at radius 3 is 2.33 bits per heavy atom. The minimum absolute atomic E-state index is 0.0853. The molecular formula is C27H33F4N3O2. The summed E-state index contributed by atoms with van der Waals surface area (Å²) in [6, 6.07) is 11.3. The average Bonchev–Trinajstić information content (AvgIpc) is 2.88. The first-order valence-electron chi connectivity index (χ1n) is 12.6. The van der Waals surface area contributed by atoms with Gasteiger partial charge in [-0.1, -0.05) is 6.07 Å². The van der Waals surface area contributed by atoms with Crippen molar-refractivity contribution in [3.63, 3.8) is 0 Å². The number of amides is 1. The second-order valence-electron chi connectivity index (χ2n) is 9.69. The van der Waals surface area contributed by atoms with Gasteiger partial charge in [0, 0.05) is 37.9 Å². The molecule has 2 fully saturated rings. The van der Waals surface area contributed by atoms with Crippen LogP contribution in [0.3, 0.4) is 0 Å². The number of hydrogen-bond donors (Lipinski definition) is 1. The van der Waals surface area contributed by atoms with E-state index in [1.54, 1.807) is 6.07 Å². The first kappa shape index (κ1) is 26.3. The van der Waals surface area contributed by atoms with Crippen LogP contribution in [0.2, 0.25) is 0 Å². The third-order valence-corrected chi connectivity index (χ3v) is 7.16. The van der Waals surface area contributed by atoms with Gasteiger partial charge in [-0.3, -0.25) is 9.69 Å². The molecule has 0 atom stereocenters. The minimum Gasteiger partial charge on any atom is -0.484 e. The van der Waals surface area contributed by atoms with Crippen LogP contribution >= 0.6 is 0 Å². The largest absolute Gasteiger partial charge is 0.484 e. The first-order valence-corrected chi connectivity index (χ1v) is 12.6. The molecule has 2 aliphatic rings. The molecular weight excluding hydrogens is 474 g/mol. The lowest BCUT2D eigenvalue weighted by molar-refractivity contribution is -0.137. The molecule has 0 aromatic heterocycles. The van der Waals surface area contributed by atoms with Crippen molar-refractivity contribution in [1.82, 2.24) is 10.2 Å². The Bertz CT molecular complexity index is 983. The molecule has 1 saturated heterocycles. The van der Waals surface area contributed by atoms with Crippen molar-refractivity contribution in [2.45, 2.75) is 44.3 Å². The van der Waals surface area contributed by atoms with E-state index < -0.39 is 11.7 Å². The molecule has 0 spiro atoms. The number of benzene rings is 2. The summed E-state index contributed by atoms with van der Waals surface area (Å²) in [6.07, 6.45) is 0.782. The van der Waals surface area contributed by atoms with Crippen LogP contribution in [0.5, 0.6) is 5.75 Å². The molecule has 0 radical (unpaired) electrons. The monoisotopic (exact) mass is 507 g/mol. The Morgan fingerprint density at radius 2 is 1.67 bits per heavy atom. The number of anilines is 1. The zero-order valence-corrected chi connectivity index (χ0v) is 20.3. The van der Waals surface area contributed by atoms with E-state index in [1.165, 1.54) is 36.4 Å². The summed E-state index contributed by atoms with van der Waals surface area (Å²) in [4.78, 5) is 16.6. The van der Waals surface area contributed by atoms with Gasteiger partial charge >= 0.3 is 6.18 Å². The van der Waals surface area contributed by atoms with Crippen molar-refractivity contribution in [2.75, 3.05) is 44.2 Å². The second-order valence-corrected chi connectivity index (χ2v) is 9.69. The zero-order chi connectivity index (χ0) is 25.5. The number of carbonyl (C=O) groups excluding carboxylic acids is 1. The summed E-state index contributed by atoms with van der Waals surface area (Å²) in [5, 5.41) is 3.04. The molecule has 196 valence electrons. The van der Waals surface area contributed by atoms with Gasteiger partial charge in [0.15, 0.2) is 6.61 Å². The fourth-order valence-corrected chi connectivity index (χ4v) is 5.02. The Labute approximate surface area is 209 Å². The maximum absolute atomic E-state index is 13.0. The molecule has 1 heterocycles. The first-order chi connectivity index (χ1) is 17.3. The lowest BCUT2D eigenvalue weighted by atomic mass is 9.84. The number of nitrogens with one attached hydrogen (secondary N) is 1. The molecule has 36 heavy (non-hydrogen) atoms. The number of hydrogen-bond acceptors (Lipinski definition) is 4. The van der Waals surface area contributed by atoms with E-state index in [0.29, 0.717) is 17.4 Å². The predicted molar refractivity (Wildman–Crippen MR) is 130 cm³/mol. The van der Waals surface area contributed by atoms with Gasteiger partial charge in [-0.05, 0) is 87.0 Å². The Hall–Kier alpha value is -2.81. The highest BCUT2D eigenvalue weighted by molar-refractivity contribution is 5.77. The number of alkyl halides is 3. The normalized spacial score (nSPS) is 21.3. The van der Waals surface area contributed by atoms with Crippen LogP contribution in [0, 0.1) is 11.7 Å². The molecule has 1 amide bonds. The smallest absolute Gasteiger partial charge is 0.416 e. The van der Waals surface area contributed by atoms with Crippen LogP contribution in [0.4, 0.5) is 23.2 Å². The summed E-state index contributed by atoms with van der Waals surface area (Å²) in [5.41, 5.74) is 0.0301. The number of carbonyl (C=O) groups is 1. The third kappa shape index (κ3) is 7.59. The molecule has 1 N–H and O–H groups in total. The summed E-state index contributed by atoms with van der Waals surface area (Å²) in [5.74, 6) is 0.573. The lowest BCUT2D eigenvalue weighted by Gasteiger charge is -2.37. The fraction of sp³-hybridized carbons (Fsp3) is 0.519. The summed E-state index contributed by atoms with van der Waals surface area (Å²) in [7, 11) is 0. The molecule has 0 bridgehead atoms. The number of halogens is 4. The van der Waals surface area contributed by atoms with Gasteiger partial charge < -0.3 is 15.0 Å². The van der Waals surface area contributed by atoms with Crippen LogP contribution in [0.1, 0.15) is 37.7 Å². The Balaban J connectivity index is 1.11. The topological polar surface area (TPSA) is 44.8 Å². The van der Waals surface area contributed by atoms with Gasteiger partial charge in [-0.25, -0.2) is 4.39 Å². The Morgan fingerprint density at radius 1 is 0.972 bits per heavy atom. The molecule has 0 unspecified atom stereocenters.